The lowest BCUT2D eigenvalue weighted by molar-refractivity contribution is 0.0729. The molecule has 0 saturated carbocycles. The zero-order valence-electron chi connectivity index (χ0n) is 22.2. The Morgan fingerprint density at radius 3 is 2.39 bits per heavy atom. The van der Waals surface area contributed by atoms with Crippen molar-refractivity contribution in [1.29, 1.82) is 5.26 Å². The van der Waals surface area contributed by atoms with Crippen LogP contribution in [0.1, 0.15) is 32.0 Å². The molecule has 9 nitrogen and oxygen atoms in total. The number of amides is 1. The summed E-state index contributed by atoms with van der Waals surface area (Å²) in [5, 5.41) is 14.4. The molecule has 0 saturated heterocycles. The summed E-state index contributed by atoms with van der Waals surface area (Å²) in [6.45, 7) is 0. The molecular formula is C32H24N4O5. The number of hydrogen-bond acceptors (Lipinski definition) is 7. The van der Waals surface area contributed by atoms with Gasteiger partial charge in [0.05, 0.1) is 37.1 Å². The molecule has 41 heavy (non-hydrogen) atoms. The second-order valence-electron chi connectivity index (χ2n) is 8.81. The van der Waals surface area contributed by atoms with Crippen LogP contribution in [-0.4, -0.2) is 37.3 Å². The Bertz CT molecular complexity index is 1800. The highest BCUT2D eigenvalue weighted by molar-refractivity contribution is 6.10. The first-order valence-electron chi connectivity index (χ1n) is 12.5. The van der Waals surface area contributed by atoms with Crippen LogP contribution in [0.5, 0.6) is 17.2 Å². The van der Waals surface area contributed by atoms with Gasteiger partial charge in [-0.3, -0.25) is 4.79 Å². The van der Waals surface area contributed by atoms with Gasteiger partial charge in [-0.2, -0.15) is 10.4 Å². The van der Waals surface area contributed by atoms with E-state index in [0.717, 1.165) is 10.9 Å². The standard InChI is InChI=1S/C32H24N4O5/c1-39-24-14-12-22(13-15-24)32(38)41-26-16-11-20(17-27(26)40-2)19-34-36-31(37)30-28(21-7-4-3-5-8-21)25-10-6-9-23(18-33)29(25)35-30/h3-17,19,35H,1-2H3,(H,36,37). The van der Waals surface area contributed by atoms with E-state index < -0.39 is 11.9 Å². The summed E-state index contributed by atoms with van der Waals surface area (Å²) < 4.78 is 16.0. The second-order valence-corrected chi connectivity index (χ2v) is 8.81. The quantitative estimate of drug-likeness (QED) is 0.112. The van der Waals surface area contributed by atoms with Crippen LogP contribution >= 0.6 is 0 Å². The molecule has 0 bridgehead atoms. The van der Waals surface area contributed by atoms with Crippen molar-refractivity contribution in [3.63, 3.8) is 0 Å². The maximum atomic E-state index is 13.2. The molecule has 0 aliphatic carbocycles. The van der Waals surface area contributed by atoms with Crippen molar-refractivity contribution < 1.29 is 23.8 Å². The largest absolute Gasteiger partial charge is 0.497 e. The molecule has 9 heteroatoms. The van der Waals surface area contributed by atoms with Crippen LogP contribution in [0, 0.1) is 11.3 Å². The number of nitrogens with zero attached hydrogens (tertiary/aromatic N) is 2. The van der Waals surface area contributed by atoms with Crippen molar-refractivity contribution in [3.05, 3.63) is 113 Å². The molecule has 0 fully saturated rings. The van der Waals surface area contributed by atoms with Gasteiger partial charge in [0.25, 0.3) is 5.91 Å². The van der Waals surface area contributed by atoms with Gasteiger partial charge in [0, 0.05) is 10.9 Å². The highest BCUT2D eigenvalue weighted by atomic mass is 16.6. The molecular weight excluding hydrogens is 520 g/mol. The Morgan fingerprint density at radius 1 is 0.902 bits per heavy atom. The zero-order chi connectivity index (χ0) is 28.8. The Labute approximate surface area is 235 Å². The predicted molar refractivity (Wildman–Crippen MR) is 154 cm³/mol. The molecule has 0 unspecified atom stereocenters. The number of nitrogens with one attached hydrogen (secondary N) is 2. The minimum absolute atomic E-state index is 0.230. The first kappa shape index (κ1) is 26.7. The number of H-pyrrole nitrogens is 1. The van der Waals surface area contributed by atoms with Gasteiger partial charge in [-0.05, 0) is 59.7 Å². The predicted octanol–water partition coefficient (Wildman–Crippen LogP) is 5.71. The minimum Gasteiger partial charge on any atom is -0.497 e. The third-order valence-electron chi connectivity index (χ3n) is 6.34. The lowest BCUT2D eigenvalue weighted by Gasteiger charge is -2.10. The molecule has 5 aromatic rings. The molecule has 0 atom stereocenters. The van der Waals surface area contributed by atoms with Gasteiger partial charge in [0.1, 0.15) is 17.5 Å². The maximum absolute atomic E-state index is 13.2. The van der Waals surface area contributed by atoms with Crippen LogP contribution in [0.3, 0.4) is 0 Å². The number of nitriles is 1. The monoisotopic (exact) mass is 544 g/mol. The van der Waals surface area contributed by atoms with Crippen LogP contribution in [-0.2, 0) is 0 Å². The normalized spacial score (nSPS) is 10.8. The highest BCUT2D eigenvalue weighted by Gasteiger charge is 2.20. The summed E-state index contributed by atoms with van der Waals surface area (Å²) in [5.74, 6) is 0.146. The molecule has 2 N–H and O–H groups in total. The number of aromatic nitrogens is 1. The first-order chi connectivity index (χ1) is 20.0. The molecule has 202 valence electrons. The molecule has 1 aromatic heterocycles. The summed E-state index contributed by atoms with van der Waals surface area (Å²) in [6, 6.07) is 28.4. The molecule has 0 aliphatic heterocycles. The lowest BCUT2D eigenvalue weighted by Crippen LogP contribution is -2.18. The van der Waals surface area contributed by atoms with E-state index in [-0.39, 0.29) is 11.4 Å². The van der Waals surface area contributed by atoms with Crippen molar-refractivity contribution >= 4 is 29.0 Å². The second kappa shape index (κ2) is 11.9. The Balaban J connectivity index is 1.35. The van der Waals surface area contributed by atoms with Crippen molar-refractivity contribution in [2.45, 2.75) is 0 Å². The van der Waals surface area contributed by atoms with E-state index in [1.165, 1.54) is 13.3 Å². The van der Waals surface area contributed by atoms with Gasteiger partial charge in [-0.1, -0.05) is 42.5 Å². The number of esters is 1. The summed E-state index contributed by atoms with van der Waals surface area (Å²) in [4.78, 5) is 28.9. The lowest BCUT2D eigenvalue weighted by atomic mass is 10.0. The Morgan fingerprint density at radius 2 is 1.68 bits per heavy atom. The number of aromatic amines is 1. The fourth-order valence-electron chi connectivity index (χ4n) is 4.34. The molecule has 1 amide bonds. The van der Waals surface area contributed by atoms with Crippen LogP contribution < -0.4 is 19.6 Å². The van der Waals surface area contributed by atoms with E-state index >= 15 is 0 Å². The number of methoxy groups -OCH3 is 2. The third kappa shape index (κ3) is 5.62. The smallest absolute Gasteiger partial charge is 0.343 e. The average molecular weight is 545 g/mol. The Kier molecular flexibility index (Phi) is 7.74. The molecule has 4 aromatic carbocycles. The number of carbonyl (C=O) groups excluding carboxylic acids is 2. The fraction of sp³-hybridized carbons (Fsp3) is 0.0625. The van der Waals surface area contributed by atoms with Crippen molar-refractivity contribution in [3.8, 4) is 34.4 Å². The van der Waals surface area contributed by atoms with Crippen LogP contribution in [0.2, 0.25) is 0 Å². The fourth-order valence-corrected chi connectivity index (χ4v) is 4.34. The maximum Gasteiger partial charge on any atom is 0.343 e. The summed E-state index contributed by atoms with van der Waals surface area (Å²) >= 11 is 0. The van der Waals surface area contributed by atoms with E-state index in [1.54, 1.807) is 61.7 Å². The van der Waals surface area contributed by atoms with Gasteiger partial charge < -0.3 is 19.2 Å². The van der Waals surface area contributed by atoms with Gasteiger partial charge in [0.15, 0.2) is 11.5 Å². The minimum atomic E-state index is -0.549. The zero-order valence-corrected chi connectivity index (χ0v) is 22.2. The molecule has 0 spiro atoms. The van der Waals surface area contributed by atoms with Gasteiger partial charge in [-0.15, -0.1) is 0 Å². The van der Waals surface area contributed by atoms with Crippen LogP contribution in [0.15, 0.2) is 96.1 Å². The van der Waals surface area contributed by atoms with E-state index in [9.17, 15) is 14.9 Å². The van der Waals surface area contributed by atoms with Crippen LogP contribution in [0.4, 0.5) is 0 Å². The van der Waals surface area contributed by atoms with E-state index in [4.69, 9.17) is 14.2 Å². The molecule has 0 aliphatic rings. The van der Waals surface area contributed by atoms with Gasteiger partial charge in [-0.25, -0.2) is 10.2 Å². The number of fused-ring (bicyclic) bond motifs is 1. The number of para-hydroxylation sites is 1. The van der Waals surface area contributed by atoms with E-state index in [2.05, 4.69) is 21.6 Å². The van der Waals surface area contributed by atoms with Gasteiger partial charge >= 0.3 is 5.97 Å². The SMILES string of the molecule is COc1ccc(C(=O)Oc2ccc(C=NNC(=O)c3[nH]c4c(C#N)cccc4c3-c3ccccc3)cc2OC)cc1. The first-order valence-corrected chi connectivity index (χ1v) is 12.5. The highest BCUT2D eigenvalue weighted by Crippen LogP contribution is 2.34. The number of benzene rings is 4. The summed E-state index contributed by atoms with van der Waals surface area (Å²) in [7, 11) is 3.00. The molecule has 0 radical (unpaired) electrons. The third-order valence-corrected chi connectivity index (χ3v) is 6.34. The Hall–Kier alpha value is -5.88. The van der Waals surface area contributed by atoms with Gasteiger partial charge in [0.2, 0.25) is 0 Å². The summed E-state index contributed by atoms with van der Waals surface area (Å²) in [5.41, 5.74) is 6.30. The summed E-state index contributed by atoms with van der Waals surface area (Å²) in [6.07, 6.45) is 1.45. The van der Waals surface area contributed by atoms with Crippen molar-refractivity contribution in [2.24, 2.45) is 5.10 Å². The number of hydrazone groups is 1. The number of hydrogen-bond donors (Lipinski definition) is 2. The molecule has 1 heterocycles. The average Bonchev–Trinajstić information content (AvgIpc) is 3.42. The topological polar surface area (TPSA) is 126 Å². The number of ether oxygens (including phenoxy) is 3. The van der Waals surface area contributed by atoms with E-state index in [1.807, 2.05) is 36.4 Å². The number of carbonyl (C=O) groups is 2. The van der Waals surface area contributed by atoms with Crippen LogP contribution in [0.25, 0.3) is 22.0 Å². The molecule has 5 rings (SSSR count). The van der Waals surface area contributed by atoms with E-state index in [0.29, 0.717) is 39.3 Å². The van der Waals surface area contributed by atoms with Crippen molar-refractivity contribution in [1.82, 2.24) is 10.4 Å². The number of rotatable bonds is 8. The van der Waals surface area contributed by atoms with Crippen molar-refractivity contribution in [2.75, 3.05) is 14.2 Å².